The molecule has 0 aliphatic rings. The Kier molecular flexibility index (Phi) is 4.61. The summed E-state index contributed by atoms with van der Waals surface area (Å²) in [5.74, 6) is 0. The summed E-state index contributed by atoms with van der Waals surface area (Å²) in [6.45, 7) is 2.58. The van der Waals surface area contributed by atoms with Crippen molar-refractivity contribution in [2.45, 2.75) is 19.4 Å². The molecular weight excluding hydrogens is 208 g/mol. The number of nitrogens with zero attached hydrogens (tertiary/aromatic N) is 2. The van der Waals surface area contributed by atoms with Gasteiger partial charge in [-0.3, -0.25) is 4.90 Å². The van der Waals surface area contributed by atoms with Crippen molar-refractivity contribution in [3.05, 3.63) is 34.9 Å². The summed E-state index contributed by atoms with van der Waals surface area (Å²) >= 11 is 5.81. The zero-order valence-corrected chi connectivity index (χ0v) is 9.83. The van der Waals surface area contributed by atoms with Crippen molar-refractivity contribution in [3.8, 4) is 6.07 Å². The maximum Gasteiger partial charge on any atom is 0.0865 e. The van der Waals surface area contributed by atoms with Gasteiger partial charge in [0.15, 0.2) is 0 Å². The van der Waals surface area contributed by atoms with E-state index in [4.69, 9.17) is 16.9 Å². The molecule has 0 fully saturated rings. The highest BCUT2D eigenvalue weighted by Crippen LogP contribution is 2.12. The number of benzene rings is 1. The van der Waals surface area contributed by atoms with Crippen LogP contribution in [0.3, 0.4) is 0 Å². The van der Waals surface area contributed by atoms with E-state index in [1.165, 1.54) is 5.56 Å². The van der Waals surface area contributed by atoms with E-state index in [0.29, 0.717) is 12.6 Å². The molecule has 3 heteroatoms. The molecule has 0 aliphatic carbocycles. The molecule has 1 aromatic carbocycles. The summed E-state index contributed by atoms with van der Waals surface area (Å²) in [5, 5.41) is 9.34. The second-order valence-corrected chi connectivity index (χ2v) is 4.19. The summed E-state index contributed by atoms with van der Waals surface area (Å²) in [6.07, 6.45) is 0.940. The minimum atomic E-state index is 0.367. The number of nitriles is 1. The molecule has 1 atom stereocenters. The predicted octanol–water partition coefficient (Wildman–Crippen LogP) is 2.73. The highest BCUT2D eigenvalue weighted by atomic mass is 35.5. The Balaban J connectivity index is 2.55. The van der Waals surface area contributed by atoms with E-state index in [2.05, 4.69) is 13.0 Å². The van der Waals surface area contributed by atoms with Crippen molar-refractivity contribution >= 4 is 11.6 Å². The van der Waals surface area contributed by atoms with Crippen molar-refractivity contribution in [1.82, 2.24) is 4.90 Å². The standard InChI is InChI=1S/C12H15ClN2/c1-10(15(2)8-7-14)9-11-3-5-12(13)6-4-11/h3-6,10H,8-9H2,1-2H3/t10-/m0/s1. The van der Waals surface area contributed by atoms with Crippen LogP contribution in [-0.4, -0.2) is 24.5 Å². The SMILES string of the molecule is C[C@@H](Cc1ccc(Cl)cc1)N(C)CC#N. The Labute approximate surface area is 96.1 Å². The Bertz CT molecular complexity index is 340. The molecule has 0 aromatic heterocycles. The van der Waals surface area contributed by atoms with Crippen molar-refractivity contribution in [2.24, 2.45) is 0 Å². The average Bonchev–Trinajstić information content (AvgIpc) is 2.22. The molecule has 1 aromatic rings. The second kappa shape index (κ2) is 5.75. The largest absolute Gasteiger partial charge is 0.291 e. The van der Waals surface area contributed by atoms with E-state index in [9.17, 15) is 0 Å². The van der Waals surface area contributed by atoms with E-state index in [-0.39, 0.29) is 0 Å². The highest BCUT2D eigenvalue weighted by molar-refractivity contribution is 6.30. The van der Waals surface area contributed by atoms with Gasteiger partial charge in [0.25, 0.3) is 0 Å². The molecule has 0 radical (unpaired) electrons. The molecule has 80 valence electrons. The molecular formula is C12H15ClN2. The monoisotopic (exact) mass is 222 g/mol. The van der Waals surface area contributed by atoms with Gasteiger partial charge in [-0.05, 0) is 38.1 Å². The van der Waals surface area contributed by atoms with Gasteiger partial charge >= 0.3 is 0 Å². The first kappa shape index (κ1) is 12.0. The van der Waals surface area contributed by atoms with Gasteiger partial charge in [0.05, 0.1) is 12.6 Å². The lowest BCUT2D eigenvalue weighted by Gasteiger charge is -2.21. The van der Waals surface area contributed by atoms with E-state index in [0.717, 1.165) is 11.4 Å². The fourth-order valence-corrected chi connectivity index (χ4v) is 1.51. The lowest BCUT2D eigenvalue weighted by Crippen LogP contribution is -2.31. The zero-order chi connectivity index (χ0) is 11.3. The Morgan fingerprint density at radius 2 is 2.00 bits per heavy atom. The summed E-state index contributed by atoms with van der Waals surface area (Å²) in [6, 6.07) is 10.4. The van der Waals surface area contributed by atoms with Gasteiger partial charge in [0.1, 0.15) is 0 Å². The van der Waals surface area contributed by atoms with Crippen LogP contribution in [0.4, 0.5) is 0 Å². The third-order valence-corrected chi connectivity index (χ3v) is 2.77. The number of halogens is 1. The van der Waals surface area contributed by atoms with Gasteiger partial charge in [-0.1, -0.05) is 23.7 Å². The predicted molar refractivity (Wildman–Crippen MR) is 62.9 cm³/mol. The first-order valence-electron chi connectivity index (χ1n) is 4.95. The van der Waals surface area contributed by atoms with Gasteiger partial charge in [0, 0.05) is 11.1 Å². The maximum absolute atomic E-state index is 8.58. The highest BCUT2D eigenvalue weighted by Gasteiger charge is 2.08. The van der Waals surface area contributed by atoms with Crippen LogP contribution in [-0.2, 0) is 6.42 Å². The molecule has 0 aliphatic heterocycles. The van der Waals surface area contributed by atoms with E-state index in [1.807, 2.05) is 36.2 Å². The number of likely N-dealkylation sites (N-methyl/N-ethyl adjacent to an activating group) is 1. The van der Waals surface area contributed by atoms with Gasteiger partial charge in [-0.2, -0.15) is 5.26 Å². The molecule has 0 N–H and O–H groups in total. The summed E-state index contributed by atoms with van der Waals surface area (Å²) in [5.41, 5.74) is 1.25. The average molecular weight is 223 g/mol. The molecule has 0 heterocycles. The van der Waals surface area contributed by atoms with Crippen LogP contribution in [0.5, 0.6) is 0 Å². The van der Waals surface area contributed by atoms with Crippen molar-refractivity contribution < 1.29 is 0 Å². The van der Waals surface area contributed by atoms with Gasteiger partial charge < -0.3 is 0 Å². The van der Waals surface area contributed by atoms with Crippen LogP contribution in [0.2, 0.25) is 5.02 Å². The summed E-state index contributed by atoms with van der Waals surface area (Å²) < 4.78 is 0. The Morgan fingerprint density at radius 1 is 1.40 bits per heavy atom. The number of rotatable bonds is 4. The van der Waals surface area contributed by atoms with Crippen molar-refractivity contribution in [2.75, 3.05) is 13.6 Å². The molecule has 0 saturated carbocycles. The molecule has 2 nitrogen and oxygen atoms in total. The lowest BCUT2D eigenvalue weighted by atomic mass is 10.1. The van der Waals surface area contributed by atoms with Gasteiger partial charge in [-0.15, -0.1) is 0 Å². The first-order chi connectivity index (χ1) is 7.13. The molecule has 0 bridgehead atoms. The number of hydrogen-bond acceptors (Lipinski definition) is 2. The lowest BCUT2D eigenvalue weighted by molar-refractivity contribution is 0.286. The van der Waals surface area contributed by atoms with Crippen LogP contribution in [0.1, 0.15) is 12.5 Å². The third kappa shape index (κ3) is 3.91. The smallest absolute Gasteiger partial charge is 0.0865 e. The topological polar surface area (TPSA) is 27.0 Å². The number of hydrogen-bond donors (Lipinski definition) is 0. The van der Waals surface area contributed by atoms with Gasteiger partial charge in [0.2, 0.25) is 0 Å². The van der Waals surface area contributed by atoms with Crippen molar-refractivity contribution in [1.29, 1.82) is 5.26 Å². The van der Waals surface area contributed by atoms with Crippen molar-refractivity contribution in [3.63, 3.8) is 0 Å². The molecule has 1 rings (SSSR count). The molecule has 0 unspecified atom stereocenters. The van der Waals surface area contributed by atoms with Crippen LogP contribution in [0.25, 0.3) is 0 Å². The fraction of sp³-hybridized carbons (Fsp3) is 0.417. The van der Waals surface area contributed by atoms with Crippen LogP contribution in [0, 0.1) is 11.3 Å². The quantitative estimate of drug-likeness (QED) is 0.733. The fourth-order valence-electron chi connectivity index (χ4n) is 1.38. The molecule has 15 heavy (non-hydrogen) atoms. The van der Waals surface area contributed by atoms with Gasteiger partial charge in [-0.25, -0.2) is 0 Å². The summed E-state index contributed by atoms with van der Waals surface area (Å²) in [4.78, 5) is 2.04. The maximum atomic E-state index is 8.58. The Hall–Kier alpha value is -1.04. The first-order valence-corrected chi connectivity index (χ1v) is 5.33. The minimum absolute atomic E-state index is 0.367. The van der Waals surface area contributed by atoms with Crippen LogP contribution in [0.15, 0.2) is 24.3 Å². The molecule has 0 spiro atoms. The molecule has 0 saturated heterocycles. The van der Waals surface area contributed by atoms with E-state index in [1.54, 1.807) is 0 Å². The van der Waals surface area contributed by atoms with E-state index < -0.39 is 0 Å². The van der Waals surface area contributed by atoms with Crippen LogP contribution < -0.4 is 0 Å². The third-order valence-electron chi connectivity index (χ3n) is 2.52. The van der Waals surface area contributed by atoms with E-state index >= 15 is 0 Å². The zero-order valence-electron chi connectivity index (χ0n) is 9.07. The summed E-state index contributed by atoms with van der Waals surface area (Å²) in [7, 11) is 1.96. The second-order valence-electron chi connectivity index (χ2n) is 3.75. The normalized spacial score (nSPS) is 12.5. The Morgan fingerprint density at radius 3 is 2.53 bits per heavy atom. The minimum Gasteiger partial charge on any atom is -0.291 e. The van der Waals surface area contributed by atoms with Crippen LogP contribution >= 0.6 is 11.6 Å². The molecule has 0 amide bonds.